The summed E-state index contributed by atoms with van der Waals surface area (Å²) in [6, 6.07) is 8.58. The van der Waals surface area contributed by atoms with E-state index in [0.717, 1.165) is 49.1 Å². The van der Waals surface area contributed by atoms with Gasteiger partial charge >= 0.3 is 0 Å². The van der Waals surface area contributed by atoms with Crippen LogP contribution in [0.5, 0.6) is 5.88 Å². The third-order valence-corrected chi connectivity index (χ3v) is 4.88. The maximum atomic E-state index is 6.27. The minimum absolute atomic E-state index is 0.224. The zero-order valence-electron chi connectivity index (χ0n) is 14.8. The van der Waals surface area contributed by atoms with Crippen LogP contribution >= 0.6 is 0 Å². The van der Waals surface area contributed by atoms with Crippen LogP contribution < -0.4 is 10.1 Å². The zero-order valence-corrected chi connectivity index (χ0v) is 14.8. The van der Waals surface area contributed by atoms with Gasteiger partial charge in [0.1, 0.15) is 23.5 Å². The molecule has 1 N–H and O–H groups in total. The number of nitrogens with one attached hydrogen (secondary N) is 1. The van der Waals surface area contributed by atoms with Crippen LogP contribution in [0.1, 0.15) is 25.3 Å². The molecule has 4 rings (SSSR count). The fraction of sp³-hybridized carbons (Fsp3) is 0.400. The van der Waals surface area contributed by atoms with Crippen LogP contribution in [0.4, 0.5) is 0 Å². The van der Waals surface area contributed by atoms with Crippen molar-refractivity contribution in [2.24, 2.45) is 0 Å². The summed E-state index contributed by atoms with van der Waals surface area (Å²) in [6.07, 6.45) is 6.05. The molecule has 25 heavy (non-hydrogen) atoms. The minimum atomic E-state index is 0.224. The van der Waals surface area contributed by atoms with Crippen LogP contribution in [0.25, 0.3) is 22.2 Å². The van der Waals surface area contributed by atoms with Gasteiger partial charge in [0.05, 0.1) is 0 Å². The van der Waals surface area contributed by atoms with Gasteiger partial charge in [0.15, 0.2) is 0 Å². The predicted molar refractivity (Wildman–Crippen MR) is 99.9 cm³/mol. The topological polar surface area (TPSA) is 52.0 Å². The number of nitrogens with zero attached hydrogens (tertiary/aromatic N) is 3. The Balaban J connectivity index is 1.79. The third-order valence-electron chi connectivity index (χ3n) is 4.88. The fourth-order valence-corrected chi connectivity index (χ4v) is 3.45. The molecule has 130 valence electrons. The second kappa shape index (κ2) is 6.84. The average Bonchev–Trinajstić information content (AvgIpc) is 3.03. The molecule has 5 heteroatoms. The van der Waals surface area contributed by atoms with Crippen molar-refractivity contribution < 1.29 is 4.74 Å². The lowest BCUT2D eigenvalue weighted by Crippen LogP contribution is -2.34. The summed E-state index contributed by atoms with van der Waals surface area (Å²) in [5.74, 6) is 0.706. The summed E-state index contributed by atoms with van der Waals surface area (Å²) >= 11 is 0. The van der Waals surface area contributed by atoms with E-state index in [1.54, 1.807) is 6.33 Å². The Hall–Kier alpha value is -2.40. The molecule has 0 bridgehead atoms. The van der Waals surface area contributed by atoms with E-state index in [-0.39, 0.29) is 6.10 Å². The van der Waals surface area contributed by atoms with Crippen LogP contribution in [-0.2, 0) is 6.54 Å². The number of hydrogen-bond acceptors (Lipinski definition) is 4. The molecular formula is C20H24N4O. The molecule has 1 aromatic carbocycles. The summed E-state index contributed by atoms with van der Waals surface area (Å²) in [4.78, 5) is 9.03. The monoisotopic (exact) mass is 336 g/mol. The van der Waals surface area contributed by atoms with E-state index in [1.807, 2.05) is 0 Å². The molecule has 2 aromatic heterocycles. The number of fused-ring (bicyclic) bond motifs is 1. The maximum absolute atomic E-state index is 6.27. The first-order valence-electron chi connectivity index (χ1n) is 9.04. The Morgan fingerprint density at radius 3 is 2.64 bits per heavy atom. The van der Waals surface area contributed by atoms with Crippen LogP contribution in [0.2, 0.25) is 0 Å². The Morgan fingerprint density at radius 2 is 1.92 bits per heavy atom. The molecule has 1 aliphatic heterocycles. The van der Waals surface area contributed by atoms with Crippen molar-refractivity contribution in [1.29, 1.82) is 0 Å². The molecule has 0 radical (unpaired) electrons. The molecule has 3 heterocycles. The van der Waals surface area contributed by atoms with Crippen LogP contribution in [0, 0.1) is 6.92 Å². The molecule has 0 atom stereocenters. The zero-order chi connectivity index (χ0) is 17.2. The molecule has 0 spiro atoms. The highest BCUT2D eigenvalue weighted by Gasteiger charge is 2.20. The number of rotatable bonds is 4. The standard InChI is InChI=1S/C20H24N4O/c1-3-24-12-17(15-6-4-14(2)5-7-15)18-19(24)20(23-13-22-18)25-16-8-10-21-11-9-16/h4-7,12-13,16,21H,3,8-11H2,1-2H3. The predicted octanol–water partition coefficient (Wildman–Crippen LogP) is 3.56. The second-order valence-corrected chi connectivity index (χ2v) is 6.64. The van der Waals surface area contributed by atoms with E-state index in [4.69, 9.17) is 4.74 Å². The highest BCUT2D eigenvalue weighted by Crippen LogP contribution is 2.34. The van der Waals surface area contributed by atoms with Gasteiger partial charge in [-0.1, -0.05) is 29.8 Å². The van der Waals surface area contributed by atoms with Crippen molar-refractivity contribution in [2.75, 3.05) is 13.1 Å². The molecule has 0 aliphatic carbocycles. The maximum Gasteiger partial charge on any atom is 0.242 e. The van der Waals surface area contributed by atoms with E-state index in [9.17, 15) is 0 Å². The van der Waals surface area contributed by atoms with Crippen LogP contribution in [0.3, 0.4) is 0 Å². The summed E-state index contributed by atoms with van der Waals surface area (Å²) in [5.41, 5.74) is 5.53. The highest BCUT2D eigenvalue weighted by molar-refractivity contribution is 5.95. The second-order valence-electron chi connectivity index (χ2n) is 6.64. The Labute approximate surface area is 148 Å². The molecule has 0 amide bonds. The van der Waals surface area contributed by atoms with E-state index >= 15 is 0 Å². The number of aromatic nitrogens is 3. The van der Waals surface area contributed by atoms with E-state index in [2.05, 4.69) is 64.2 Å². The first-order chi connectivity index (χ1) is 12.3. The lowest BCUT2D eigenvalue weighted by atomic mass is 10.1. The van der Waals surface area contributed by atoms with Crippen LogP contribution in [0.15, 0.2) is 36.8 Å². The Kier molecular flexibility index (Phi) is 4.40. The fourth-order valence-electron chi connectivity index (χ4n) is 3.45. The first-order valence-corrected chi connectivity index (χ1v) is 9.04. The molecule has 1 aliphatic rings. The summed E-state index contributed by atoms with van der Waals surface area (Å²) in [7, 11) is 0. The van der Waals surface area contributed by atoms with Crippen molar-refractivity contribution in [3.63, 3.8) is 0 Å². The van der Waals surface area contributed by atoms with E-state index < -0.39 is 0 Å². The molecule has 0 unspecified atom stereocenters. The Bertz CT molecular complexity index is 863. The van der Waals surface area contributed by atoms with Crippen molar-refractivity contribution >= 4 is 11.0 Å². The first kappa shape index (κ1) is 16.1. The van der Waals surface area contributed by atoms with Gasteiger partial charge in [0, 0.05) is 18.3 Å². The van der Waals surface area contributed by atoms with Crippen molar-refractivity contribution in [3.05, 3.63) is 42.4 Å². The summed E-state index contributed by atoms with van der Waals surface area (Å²) < 4.78 is 8.46. The number of aryl methyl sites for hydroxylation is 2. The van der Waals surface area contributed by atoms with E-state index in [1.165, 1.54) is 11.1 Å². The molecule has 1 fully saturated rings. The van der Waals surface area contributed by atoms with Gasteiger partial charge in [-0.25, -0.2) is 4.98 Å². The van der Waals surface area contributed by atoms with Gasteiger partial charge in [-0.2, -0.15) is 4.98 Å². The quantitative estimate of drug-likeness (QED) is 0.791. The van der Waals surface area contributed by atoms with Gasteiger partial charge in [-0.15, -0.1) is 0 Å². The van der Waals surface area contributed by atoms with Gasteiger partial charge in [0.2, 0.25) is 5.88 Å². The summed E-state index contributed by atoms with van der Waals surface area (Å²) in [5, 5.41) is 3.37. The van der Waals surface area contributed by atoms with Gasteiger partial charge < -0.3 is 14.6 Å². The minimum Gasteiger partial charge on any atom is -0.473 e. The molecular weight excluding hydrogens is 312 g/mol. The Morgan fingerprint density at radius 1 is 1.16 bits per heavy atom. The lowest BCUT2D eigenvalue weighted by Gasteiger charge is -2.23. The molecule has 0 saturated carbocycles. The molecule has 5 nitrogen and oxygen atoms in total. The van der Waals surface area contributed by atoms with Crippen molar-refractivity contribution in [1.82, 2.24) is 19.9 Å². The highest BCUT2D eigenvalue weighted by atomic mass is 16.5. The van der Waals surface area contributed by atoms with Gasteiger partial charge in [-0.3, -0.25) is 0 Å². The van der Waals surface area contributed by atoms with Crippen LogP contribution in [-0.4, -0.2) is 33.7 Å². The molecule has 3 aromatic rings. The number of benzene rings is 1. The number of ether oxygens (including phenoxy) is 1. The average molecular weight is 336 g/mol. The number of piperidine rings is 1. The van der Waals surface area contributed by atoms with Crippen molar-refractivity contribution in [3.8, 4) is 17.0 Å². The largest absolute Gasteiger partial charge is 0.473 e. The SMILES string of the molecule is CCn1cc(-c2ccc(C)cc2)c2ncnc(OC3CCNCC3)c21. The lowest BCUT2D eigenvalue weighted by molar-refractivity contribution is 0.157. The van der Waals surface area contributed by atoms with E-state index in [0.29, 0.717) is 5.88 Å². The van der Waals surface area contributed by atoms with Gasteiger partial charge in [-0.05, 0) is 45.3 Å². The normalized spacial score (nSPS) is 15.6. The third kappa shape index (κ3) is 3.12. The van der Waals surface area contributed by atoms with Gasteiger partial charge in [0.25, 0.3) is 0 Å². The summed E-state index contributed by atoms with van der Waals surface area (Å²) in [6.45, 7) is 7.11. The molecule has 1 saturated heterocycles. The number of hydrogen-bond donors (Lipinski definition) is 1. The smallest absolute Gasteiger partial charge is 0.242 e. The van der Waals surface area contributed by atoms with Crippen molar-refractivity contribution in [2.45, 2.75) is 39.3 Å².